The minimum atomic E-state index is -0.602. The monoisotopic (exact) mass is 391 g/mol. The van der Waals surface area contributed by atoms with Crippen LogP contribution in [0.5, 0.6) is 17.2 Å². The summed E-state index contributed by atoms with van der Waals surface area (Å²) in [6, 6.07) is 9.35. The van der Waals surface area contributed by atoms with Gasteiger partial charge < -0.3 is 24.3 Å². The van der Waals surface area contributed by atoms with Crippen LogP contribution >= 0.6 is 0 Å². The van der Waals surface area contributed by atoms with Gasteiger partial charge in [-0.1, -0.05) is 18.2 Å². The van der Waals surface area contributed by atoms with Crippen LogP contribution in [0, 0.1) is 5.82 Å². The predicted octanol–water partition coefficient (Wildman–Crippen LogP) is 2.25. The summed E-state index contributed by atoms with van der Waals surface area (Å²) in [4.78, 5) is 23.8. The Hall–Kier alpha value is -3.29. The highest BCUT2D eigenvalue weighted by atomic mass is 19.1. The Labute approximate surface area is 162 Å². The molecule has 0 saturated heterocycles. The molecule has 0 aliphatic heterocycles. The summed E-state index contributed by atoms with van der Waals surface area (Å²) < 4.78 is 34.2. The van der Waals surface area contributed by atoms with Gasteiger partial charge in [0.2, 0.25) is 5.75 Å². The first kappa shape index (κ1) is 21.0. The van der Waals surface area contributed by atoms with Crippen LogP contribution < -0.4 is 19.5 Å². The van der Waals surface area contributed by atoms with E-state index in [2.05, 4.69) is 5.32 Å². The Bertz CT molecular complexity index is 814. The SMILES string of the molecule is COc1cc(CC(=O)OCC(=O)NCc2ccccc2F)cc(OC)c1OC. The van der Waals surface area contributed by atoms with E-state index in [9.17, 15) is 14.0 Å². The van der Waals surface area contributed by atoms with Crippen molar-refractivity contribution in [3.63, 3.8) is 0 Å². The van der Waals surface area contributed by atoms with Crippen molar-refractivity contribution in [2.45, 2.75) is 13.0 Å². The number of methoxy groups -OCH3 is 3. The molecular formula is C20H22FNO6. The Balaban J connectivity index is 1.88. The number of hydrogen-bond acceptors (Lipinski definition) is 6. The van der Waals surface area contributed by atoms with E-state index in [1.807, 2.05) is 0 Å². The quantitative estimate of drug-likeness (QED) is 0.661. The number of amides is 1. The zero-order valence-corrected chi connectivity index (χ0v) is 15.9. The van der Waals surface area contributed by atoms with E-state index >= 15 is 0 Å². The maximum absolute atomic E-state index is 13.5. The van der Waals surface area contributed by atoms with Gasteiger partial charge in [0.15, 0.2) is 18.1 Å². The minimum Gasteiger partial charge on any atom is -0.493 e. The zero-order valence-electron chi connectivity index (χ0n) is 15.9. The Morgan fingerprint density at radius 2 is 1.64 bits per heavy atom. The summed E-state index contributed by atoms with van der Waals surface area (Å²) in [5.41, 5.74) is 0.922. The first-order valence-electron chi connectivity index (χ1n) is 8.43. The molecule has 2 aromatic rings. The van der Waals surface area contributed by atoms with Gasteiger partial charge in [0.05, 0.1) is 27.8 Å². The van der Waals surface area contributed by atoms with Gasteiger partial charge in [0.1, 0.15) is 5.82 Å². The predicted molar refractivity (Wildman–Crippen MR) is 99.0 cm³/mol. The van der Waals surface area contributed by atoms with Crippen molar-refractivity contribution >= 4 is 11.9 Å². The number of halogens is 1. The molecule has 1 N–H and O–H groups in total. The number of esters is 1. The molecular weight excluding hydrogens is 369 g/mol. The summed E-state index contributed by atoms with van der Waals surface area (Å²) in [7, 11) is 4.42. The molecule has 0 fully saturated rings. The van der Waals surface area contributed by atoms with Crippen LogP contribution in [0.4, 0.5) is 4.39 Å². The van der Waals surface area contributed by atoms with E-state index < -0.39 is 24.3 Å². The van der Waals surface area contributed by atoms with Crippen molar-refractivity contribution in [3.05, 3.63) is 53.3 Å². The van der Waals surface area contributed by atoms with E-state index in [4.69, 9.17) is 18.9 Å². The van der Waals surface area contributed by atoms with Crippen molar-refractivity contribution in [3.8, 4) is 17.2 Å². The lowest BCUT2D eigenvalue weighted by molar-refractivity contribution is -0.147. The fourth-order valence-corrected chi connectivity index (χ4v) is 2.49. The smallest absolute Gasteiger partial charge is 0.310 e. The van der Waals surface area contributed by atoms with Crippen LogP contribution in [-0.2, 0) is 27.3 Å². The number of hydrogen-bond donors (Lipinski definition) is 1. The molecule has 0 aliphatic carbocycles. The standard InChI is InChI=1S/C20H22FNO6/c1-25-16-8-13(9-17(26-2)20(16)27-3)10-19(24)28-12-18(23)22-11-14-6-4-5-7-15(14)21/h4-9H,10-12H2,1-3H3,(H,22,23). The van der Waals surface area contributed by atoms with Crippen molar-refractivity contribution in [2.24, 2.45) is 0 Å². The highest BCUT2D eigenvalue weighted by Crippen LogP contribution is 2.38. The average molecular weight is 391 g/mol. The van der Waals surface area contributed by atoms with Gasteiger partial charge in [0.25, 0.3) is 5.91 Å². The van der Waals surface area contributed by atoms with E-state index in [0.717, 1.165) is 0 Å². The third-order valence-electron chi connectivity index (χ3n) is 3.87. The summed E-state index contributed by atoms with van der Waals surface area (Å²) in [5.74, 6) is -0.312. The van der Waals surface area contributed by atoms with Crippen LogP contribution in [0.3, 0.4) is 0 Å². The highest BCUT2D eigenvalue weighted by Gasteiger charge is 2.16. The normalized spacial score (nSPS) is 10.1. The maximum atomic E-state index is 13.5. The fourth-order valence-electron chi connectivity index (χ4n) is 2.49. The Morgan fingerprint density at radius 3 is 2.21 bits per heavy atom. The van der Waals surface area contributed by atoms with Gasteiger partial charge >= 0.3 is 5.97 Å². The molecule has 0 unspecified atom stereocenters. The molecule has 0 radical (unpaired) electrons. The van der Waals surface area contributed by atoms with E-state index in [0.29, 0.717) is 28.4 Å². The highest BCUT2D eigenvalue weighted by molar-refractivity contribution is 5.81. The fraction of sp³-hybridized carbons (Fsp3) is 0.300. The molecule has 0 heterocycles. The lowest BCUT2D eigenvalue weighted by atomic mass is 10.1. The Morgan fingerprint density at radius 1 is 1.00 bits per heavy atom. The number of carbonyl (C=O) groups is 2. The third-order valence-corrected chi connectivity index (χ3v) is 3.87. The lowest BCUT2D eigenvalue weighted by Gasteiger charge is -2.14. The van der Waals surface area contributed by atoms with Crippen LogP contribution in [0.15, 0.2) is 36.4 Å². The van der Waals surface area contributed by atoms with Crippen molar-refractivity contribution in [1.82, 2.24) is 5.32 Å². The molecule has 150 valence electrons. The van der Waals surface area contributed by atoms with Gasteiger partial charge in [0, 0.05) is 12.1 Å². The molecule has 2 aromatic carbocycles. The van der Waals surface area contributed by atoms with E-state index in [1.165, 1.54) is 27.4 Å². The largest absolute Gasteiger partial charge is 0.493 e. The summed E-state index contributed by atoms with van der Waals surface area (Å²) in [5, 5.41) is 2.50. The molecule has 0 spiro atoms. The Kier molecular flexibility index (Phi) is 7.62. The van der Waals surface area contributed by atoms with Gasteiger partial charge in [-0.25, -0.2) is 4.39 Å². The maximum Gasteiger partial charge on any atom is 0.310 e. The molecule has 0 aliphatic rings. The van der Waals surface area contributed by atoms with Crippen LogP contribution in [0.25, 0.3) is 0 Å². The number of nitrogens with one attached hydrogen (secondary N) is 1. The van der Waals surface area contributed by atoms with Gasteiger partial charge in [-0.3, -0.25) is 9.59 Å². The third kappa shape index (κ3) is 5.60. The van der Waals surface area contributed by atoms with E-state index in [1.54, 1.807) is 30.3 Å². The second-order valence-electron chi connectivity index (χ2n) is 5.74. The molecule has 1 amide bonds. The number of carbonyl (C=O) groups excluding carboxylic acids is 2. The van der Waals surface area contributed by atoms with Gasteiger partial charge in [-0.05, 0) is 23.8 Å². The van der Waals surface area contributed by atoms with Gasteiger partial charge in [-0.15, -0.1) is 0 Å². The second kappa shape index (κ2) is 10.1. The minimum absolute atomic E-state index is 0.00986. The first-order valence-corrected chi connectivity index (χ1v) is 8.43. The molecule has 0 saturated carbocycles. The average Bonchev–Trinajstić information content (AvgIpc) is 2.70. The van der Waals surface area contributed by atoms with Crippen LogP contribution in [-0.4, -0.2) is 39.8 Å². The van der Waals surface area contributed by atoms with Crippen molar-refractivity contribution in [2.75, 3.05) is 27.9 Å². The van der Waals surface area contributed by atoms with Crippen molar-refractivity contribution in [1.29, 1.82) is 0 Å². The molecule has 0 aromatic heterocycles. The van der Waals surface area contributed by atoms with Gasteiger partial charge in [-0.2, -0.15) is 0 Å². The van der Waals surface area contributed by atoms with Crippen LogP contribution in [0.1, 0.15) is 11.1 Å². The molecule has 0 atom stereocenters. The summed E-state index contributed by atoms with van der Waals surface area (Å²) in [6.07, 6.45) is -0.0860. The van der Waals surface area contributed by atoms with Crippen LogP contribution in [0.2, 0.25) is 0 Å². The number of ether oxygens (including phenoxy) is 4. The lowest BCUT2D eigenvalue weighted by Crippen LogP contribution is -2.29. The van der Waals surface area contributed by atoms with Crippen molar-refractivity contribution < 1.29 is 32.9 Å². The molecule has 2 rings (SSSR count). The molecule has 0 bridgehead atoms. The topological polar surface area (TPSA) is 83.1 Å². The molecule has 7 nitrogen and oxygen atoms in total. The second-order valence-corrected chi connectivity index (χ2v) is 5.74. The van der Waals surface area contributed by atoms with E-state index in [-0.39, 0.29) is 13.0 Å². The summed E-state index contributed by atoms with van der Waals surface area (Å²) in [6.45, 7) is -0.451. The molecule has 8 heteroatoms. The number of benzene rings is 2. The first-order chi connectivity index (χ1) is 13.5. The number of rotatable bonds is 9. The zero-order chi connectivity index (χ0) is 20.5. The summed E-state index contributed by atoms with van der Waals surface area (Å²) >= 11 is 0. The molecule has 28 heavy (non-hydrogen) atoms.